The molecule has 0 N–H and O–H groups in total. The summed E-state index contributed by atoms with van der Waals surface area (Å²) in [6.45, 7) is 0. The molecule has 0 saturated heterocycles. The minimum atomic E-state index is -0.449. The first-order valence-corrected chi connectivity index (χ1v) is 5.15. The molecule has 1 aliphatic carbocycles. The van der Waals surface area contributed by atoms with Gasteiger partial charge in [0.2, 0.25) is 6.08 Å². The third kappa shape index (κ3) is 1.72. The molecule has 0 amide bonds. The van der Waals surface area contributed by atoms with E-state index in [1.807, 2.05) is 19.0 Å². The van der Waals surface area contributed by atoms with Gasteiger partial charge in [-0.15, -0.1) is 0 Å². The molecule has 1 aromatic rings. The van der Waals surface area contributed by atoms with Gasteiger partial charge in [-0.1, -0.05) is 6.07 Å². The summed E-state index contributed by atoms with van der Waals surface area (Å²) in [5.74, 6) is -0.279. The van der Waals surface area contributed by atoms with Crippen LogP contribution in [0.4, 0.5) is 10.1 Å². The molecule has 0 spiro atoms. The zero-order valence-electron chi connectivity index (χ0n) is 9.33. The lowest BCUT2D eigenvalue weighted by Crippen LogP contribution is -2.15. The Kier molecular flexibility index (Phi) is 2.52. The lowest BCUT2D eigenvalue weighted by Gasteiger charge is -2.20. The van der Waals surface area contributed by atoms with Gasteiger partial charge in [0.1, 0.15) is 11.4 Å². The van der Waals surface area contributed by atoms with E-state index in [2.05, 4.69) is 4.99 Å². The van der Waals surface area contributed by atoms with Crippen LogP contribution in [0.15, 0.2) is 23.2 Å². The Morgan fingerprint density at radius 1 is 1.44 bits per heavy atom. The summed E-state index contributed by atoms with van der Waals surface area (Å²) in [4.78, 5) is 16.1. The number of rotatable bonds is 3. The first-order chi connectivity index (χ1) is 7.59. The van der Waals surface area contributed by atoms with Crippen molar-refractivity contribution in [3.63, 3.8) is 0 Å². The summed E-state index contributed by atoms with van der Waals surface area (Å²) in [6.07, 6.45) is 3.27. The van der Waals surface area contributed by atoms with Crippen LogP contribution >= 0.6 is 0 Å². The fourth-order valence-electron chi connectivity index (χ4n) is 1.92. The minimum Gasteiger partial charge on any atom is -0.377 e. The fourth-order valence-corrected chi connectivity index (χ4v) is 1.92. The van der Waals surface area contributed by atoms with Crippen LogP contribution in [0.25, 0.3) is 0 Å². The van der Waals surface area contributed by atoms with Crippen molar-refractivity contribution in [2.45, 2.75) is 18.4 Å². The number of hydrogen-bond donors (Lipinski definition) is 0. The average molecular weight is 220 g/mol. The van der Waals surface area contributed by atoms with E-state index in [4.69, 9.17) is 0 Å². The van der Waals surface area contributed by atoms with E-state index in [0.29, 0.717) is 0 Å². The maximum atomic E-state index is 13.2. The van der Waals surface area contributed by atoms with Crippen LogP contribution in [-0.2, 0) is 10.3 Å². The van der Waals surface area contributed by atoms with Crippen LogP contribution < -0.4 is 4.90 Å². The number of benzene rings is 1. The van der Waals surface area contributed by atoms with E-state index < -0.39 is 5.54 Å². The Labute approximate surface area is 93.6 Å². The topological polar surface area (TPSA) is 32.7 Å². The van der Waals surface area contributed by atoms with E-state index in [1.165, 1.54) is 12.1 Å². The highest BCUT2D eigenvalue weighted by molar-refractivity contribution is 5.59. The highest BCUT2D eigenvalue weighted by Gasteiger charge is 2.46. The molecule has 1 fully saturated rings. The molecule has 0 radical (unpaired) electrons. The van der Waals surface area contributed by atoms with Gasteiger partial charge in [0.15, 0.2) is 0 Å². The molecule has 1 aliphatic rings. The smallest absolute Gasteiger partial charge is 0.235 e. The zero-order valence-corrected chi connectivity index (χ0v) is 9.33. The minimum absolute atomic E-state index is 0.279. The standard InChI is InChI=1S/C12H13FN2O/c1-15(2)11-7-9(13)3-4-10(11)12(5-6-12)14-8-16/h3-4,7H,5-6H2,1-2H3. The second kappa shape index (κ2) is 3.72. The molecule has 0 unspecified atom stereocenters. The predicted octanol–water partition coefficient (Wildman–Crippen LogP) is 2.22. The van der Waals surface area contributed by atoms with E-state index in [9.17, 15) is 9.18 Å². The van der Waals surface area contributed by atoms with Gasteiger partial charge in [-0.05, 0) is 25.0 Å². The largest absolute Gasteiger partial charge is 0.377 e. The maximum absolute atomic E-state index is 13.2. The summed E-state index contributed by atoms with van der Waals surface area (Å²) in [5.41, 5.74) is 1.23. The first-order valence-electron chi connectivity index (χ1n) is 5.15. The Hall–Kier alpha value is -1.67. The molecule has 84 valence electrons. The van der Waals surface area contributed by atoms with Gasteiger partial charge in [0, 0.05) is 25.3 Å². The van der Waals surface area contributed by atoms with Gasteiger partial charge < -0.3 is 4.90 Å². The van der Waals surface area contributed by atoms with E-state index >= 15 is 0 Å². The van der Waals surface area contributed by atoms with Gasteiger partial charge in [-0.3, -0.25) is 0 Å². The molecule has 0 bridgehead atoms. The Balaban J connectivity index is 2.52. The van der Waals surface area contributed by atoms with Crippen molar-refractivity contribution >= 4 is 11.8 Å². The van der Waals surface area contributed by atoms with Gasteiger partial charge in [0.05, 0.1) is 0 Å². The average Bonchev–Trinajstić information content (AvgIpc) is 2.99. The summed E-state index contributed by atoms with van der Waals surface area (Å²) in [7, 11) is 3.69. The van der Waals surface area contributed by atoms with Crippen LogP contribution in [0.5, 0.6) is 0 Å². The molecule has 1 saturated carbocycles. The van der Waals surface area contributed by atoms with Crippen LogP contribution in [-0.4, -0.2) is 20.2 Å². The second-order valence-corrected chi connectivity index (χ2v) is 4.29. The highest BCUT2D eigenvalue weighted by Crippen LogP contribution is 2.52. The molecule has 0 heterocycles. The SMILES string of the molecule is CN(C)c1cc(F)ccc1C1(N=C=O)CC1. The van der Waals surface area contributed by atoms with E-state index in [0.717, 1.165) is 24.1 Å². The van der Waals surface area contributed by atoms with Crippen molar-refractivity contribution in [1.29, 1.82) is 0 Å². The molecule has 2 rings (SSSR count). The van der Waals surface area contributed by atoms with Gasteiger partial charge in [-0.25, -0.2) is 9.18 Å². The maximum Gasteiger partial charge on any atom is 0.235 e. The summed E-state index contributed by atoms with van der Waals surface area (Å²) < 4.78 is 13.2. The molecule has 0 atom stereocenters. The van der Waals surface area contributed by atoms with E-state index in [1.54, 1.807) is 12.1 Å². The van der Waals surface area contributed by atoms with Crippen molar-refractivity contribution in [1.82, 2.24) is 0 Å². The predicted molar refractivity (Wildman–Crippen MR) is 59.8 cm³/mol. The lowest BCUT2D eigenvalue weighted by atomic mass is 10.0. The van der Waals surface area contributed by atoms with Crippen molar-refractivity contribution < 1.29 is 9.18 Å². The first kappa shape index (κ1) is 10.8. The Morgan fingerprint density at radius 2 is 2.12 bits per heavy atom. The number of aliphatic imine (C=N–C) groups is 1. The number of anilines is 1. The molecular formula is C12H13FN2O. The van der Waals surface area contributed by atoms with Crippen LogP contribution in [0.2, 0.25) is 0 Å². The number of halogens is 1. The number of isocyanates is 1. The molecule has 16 heavy (non-hydrogen) atoms. The third-order valence-corrected chi connectivity index (χ3v) is 2.93. The van der Waals surface area contributed by atoms with Gasteiger partial charge in [-0.2, -0.15) is 4.99 Å². The van der Waals surface area contributed by atoms with Crippen LogP contribution in [0.3, 0.4) is 0 Å². The molecule has 4 heteroatoms. The molecule has 1 aromatic carbocycles. The van der Waals surface area contributed by atoms with Crippen molar-refractivity contribution in [2.75, 3.05) is 19.0 Å². The molecule has 3 nitrogen and oxygen atoms in total. The third-order valence-electron chi connectivity index (χ3n) is 2.93. The van der Waals surface area contributed by atoms with E-state index in [-0.39, 0.29) is 5.82 Å². The monoisotopic (exact) mass is 220 g/mol. The Bertz CT molecular complexity index is 460. The Morgan fingerprint density at radius 3 is 2.62 bits per heavy atom. The zero-order chi connectivity index (χ0) is 11.8. The van der Waals surface area contributed by atoms with Crippen LogP contribution in [0, 0.1) is 5.82 Å². The van der Waals surface area contributed by atoms with Crippen molar-refractivity contribution in [3.8, 4) is 0 Å². The summed E-state index contributed by atoms with van der Waals surface area (Å²) in [6, 6.07) is 4.58. The molecule has 0 aliphatic heterocycles. The molecular weight excluding hydrogens is 207 g/mol. The molecule has 0 aromatic heterocycles. The second-order valence-electron chi connectivity index (χ2n) is 4.29. The lowest BCUT2D eigenvalue weighted by molar-refractivity contribution is 0.556. The highest BCUT2D eigenvalue weighted by atomic mass is 19.1. The normalized spacial score (nSPS) is 16.4. The quantitative estimate of drug-likeness (QED) is 0.578. The summed E-state index contributed by atoms with van der Waals surface area (Å²) in [5, 5.41) is 0. The van der Waals surface area contributed by atoms with Crippen molar-refractivity contribution in [2.24, 2.45) is 4.99 Å². The summed E-state index contributed by atoms with van der Waals surface area (Å²) >= 11 is 0. The van der Waals surface area contributed by atoms with Crippen LogP contribution in [0.1, 0.15) is 18.4 Å². The van der Waals surface area contributed by atoms with Gasteiger partial charge in [0.25, 0.3) is 0 Å². The van der Waals surface area contributed by atoms with Crippen molar-refractivity contribution in [3.05, 3.63) is 29.6 Å². The number of hydrogen-bond acceptors (Lipinski definition) is 3. The fraction of sp³-hybridized carbons (Fsp3) is 0.417. The van der Waals surface area contributed by atoms with Gasteiger partial charge >= 0.3 is 0 Å². The number of nitrogens with zero attached hydrogens (tertiary/aromatic N) is 2. The number of carbonyl (C=O) groups excluding carboxylic acids is 1.